The van der Waals surface area contributed by atoms with E-state index in [4.69, 9.17) is 15.2 Å². The first kappa shape index (κ1) is 15.2. The van der Waals surface area contributed by atoms with Gasteiger partial charge in [0.1, 0.15) is 5.60 Å². The Bertz CT molecular complexity index is 580. The van der Waals surface area contributed by atoms with E-state index in [-0.39, 0.29) is 11.4 Å². The number of nitrogen functional groups attached to an aromatic ring is 1. The van der Waals surface area contributed by atoms with Crippen LogP contribution in [0.25, 0.3) is 0 Å². The number of aryl methyl sites for hydroxylation is 1. The van der Waals surface area contributed by atoms with Gasteiger partial charge in [0.2, 0.25) is 10.0 Å². The second-order valence-electron chi connectivity index (χ2n) is 5.04. The predicted octanol–water partition coefficient (Wildman–Crippen LogP) is 0.661. The van der Waals surface area contributed by atoms with E-state index in [2.05, 4.69) is 4.72 Å². The minimum atomic E-state index is -3.61. The Balaban J connectivity index is 2.17. The van der Waals surface area contributed by atoms with Gasteiger partial charge in [0.15, 0.2) is 0 Å². The van der Waals surface area contributed by atoms with E-state index in [1.165, 1.54) is 6.07 Å². The van der Waals surface area contributed by atoms with Crippen LogP contribution in [0.3, 0.4) is 0 Å². The van der Waals surface area contributed by atoms with Crippen LogP contribution in [0.4, 0.5) is 5.69 Å². The first-order valence-electron chi connectivity index (χ1n) is 6.37. The van der Waals surface area contributed by atoms with Crippen molar-refractivity contribution in [3.8, 4) is 0 Å². The summed E-state index contributed by atoms with van der Waals surface area (Å²) in [4.78, 5) is 0.197. The molecule has 0 amide bonds. The van der Waals surface area contributed by atoms with Gasteiger partial charge in [-0.2, -0.15) is 0 Å². The van der Waals surface area contributed by atoms with Crippen molar-refractivity contribution in [2.45, 2.75) is 23.8 Å². The number of rotatable bonds is 5. The quantitative estimate of drug-likeness (QED) is 0.780. The lowest BCUT2D eigenvalue weighted by molar-refractivity contribution is -0.0120. The van der Waals surface area contributed by atoms with E-state index in [0.717, 1.165) is 0 Å². The molecule has 6 nitrogen and oxygen atoms in total. The van der Waals surface area contributed by atoms with Crippen molar-refractivity contribution in [2.75, 3.05) is 32.6 Å². The monoisotopic (exact) mass is 300 g/mol. The highest BCUT2D eigenvalue weighted by Crippen LogP contribution is 2.23. The van der Waals surface area contributed by atoms with E-state index < -0.39 is 15.6 Å². The molecule has 1 aromatic carbocycles. The zero-order valence-corrected chi connectivity index (χ0v) is 12.5. The van der Waals surface area contributed by atoms with Gasteiger partial charge >= 0.3 is 0 Å². The average Bonchev–Trinajstić information content (AvgIpc) is 2.89. The molecule has 1 atom stereocenters. The van der Waals surface area contributed by atoms with E-state index in [1.807, 2.05) is 0 Å². The van der Waals surface area contributed by atoms with Crippen molar-refractivity contribution in [3.63, 3.8) is 0 Å². The molecule has 112 valence electrons. The number of hydrogen-bond acceptors (Lipinski definition) is 5. The normalized spacial score (nSPS) is 23.1. The summed E-state index contributed by atoms with van der Waals surface area (Å²) < 4.78 is 38.0. The van der Waals surface area contributed by atoms with Crippen molar-refractivity contribution in [1.82, 2.24) is 4.72 Å². The van der Waals surface area contributed by atoms with E-state index in [1.54, 1.807) is 26.2 Å². The highest BCUT2D eigenvalue weighted by atomic mass is 32.2. The standard InChI is InChI=1S/C13H20N2O4S/c1-10-3-4-11(14)7-12(10)20(16,17)15-8-13(18-2)5-6-19-9-13/h3-4,7,15H,5-6,8-9,14H2,1-2H3. The van der Waals surface area contributed by atoms with Crippen LogP contribution in [0.1, 0.15) is 12.0 Å². The van der Waals surface area contributed by atoms with Crippen LogP contribution in [-0.4, -0.2) is 40.9 Å². The van der Waals surface area contributed by atoms with Gasteiger partial charge in [-0.15, -0.1) is 0 Å². The molecule has 2 rings (SSSR count). The second kappa shape index (κ2) is 5.69. The summed E-state index contributed by atoms with van der Waals surface area (Å²) in [5.41, 5.74) is 6.15. The summed E-state index contributed by atoms with van der Waals surface area (Å²) in [5, 5.41) is 0. The minimum absolute atomic E-state index is 0.181. The van der Waals surface area contributed by atoms with Crippen LogP contribution >= 0.6 is 0 Å². The van der Waals surface area contributed by atoms with Crippen molar-refractivity contribution >= 4 is 15.7 Å². The number of hydrogen-bond donors (Lipinski definition) is 2. The first-order chi connectivity index (χ1) is 9.38. The molecule has 0 bridgehead atoms. The lowest BCUT2D eigenvalue weighted by atomic mass is 10.0. The molecule has 0 aromatic heterocycles. The number of nitrogens with two attached hydrogens (primary N) is 1. The van der Waals surface area contributed by atoms with E-state index in [9.17, 15) is 8.42 Å². The highest BCUT2D eigenvalue weighted by Gasteiger charge is 2.36. The Hall–Kier alpha value is -1.15. The third kappa shape index (κ3) is 3.12. The van der Waals surface area contributed by atoms with Gasteiger partial charge in [-0.3, -0.25) is 0 Å². The minimum Gasteiger partial charge on any atom is -0.399 e. The Labute approximate surface area is 119 Å². The van der Waals surface area contributed by atoms with Crippen LogP contribution in [-0.2, 0) is 19.5 Å². The maximum absolute atomic E-state index is 12.4. The topological polar surface area (TPSA) is 90.7 Å². The van der Waals surface area contributed by atoms with Crippen molar-refractivity contribution in [3.05, 3.63) is 23.8 Å². The fourth-order valence-electron chi connectivity index (χ4n) is 2.17. The molecular weight excluding hydrogens is 280 g/mol. The molecule has 1 unspecified atom stereocenters. The molecule has 3 N–H and O–H groups in total. The van der Waals surface area contributed by atoms with Gasteiger partial charge in [0.25, 0.3) is 0 Å². The number of sulfonamides is 1. The molecule has 0 spiro atoms. The van der Waals surface area contributed by atoms with Gasteiger partial charge in [-0.05, 0) is 24.6 Å². The second-order valence-corrected chi connectivity index (χ2v) is 6.77. The smallest absolute Gasteiger partial charge is 0.241 e. The molecule has 1 heterocycles. The molecule has 20 heavy (non-hydrogen) atoms. The van der Waals surface area contributed by atoms with Crippen molar-refractivity contribution in [2.24, 2.45) is 0 Å². The van der Waals surface area contributed by atoms with Crippen LogP contribution in [0.15, 0.2) is 23.1 Å². The lowest BCUT2D eigenvalue weighted by Gasteiger charge is -2.26. The summed E-state index contributed by atoms with van der Waals surface area (Å²) in [6.45, 7) is 2.88. The molecule has 0 aliphatic carbocycles. The molecule has 1 aliphatic rings. The van der Waals surface area contributed by atoms with Gasteiger partial charge in [0.05, 0.1) is 11.5 Å². The molecule has 1 saturated heterocycles. The van der Waals surface area contributed by atoms with Crippen LogP contribution in [0, 0.1) is 6.92 Å². The van der Waals surface area contributed by atoms with Crippen molar-refractivity contribution in [1.29, 1.82) is 0 Å². The maximum atomic E-state index is 12.4. The van der Waals surface area contributed by atoms with Crippen molar-refractivity contribution < 1.29 is 17.9 Å². The molecule has 0 saturated carbocycles. The number of methoxy groups -OCH3 is 1. The van der Waals surface area contributed by atoms with Gasteiger partial charge < -0.3 is 15.2 Å². The first-order valence-corrected chi connectivity index (χ1v) is 7.86. The van der Waals surface area contributed by atoms with Crippen LogP contribution in [0.5, 0.6) is 0 Å². The zero-order chi connectivity index (χ0) is 14.8. The predicted molar refractivity (Wildman–Crippen MR) is 76.0 cm³/mol. The number of nitrogens with one attached hydrogen (secondary N) is 1. The third-order valence-corrected chi connectivity index (χ3v) is 5.13. The molecule has 1 aromatic rings. The number of ether oxygens (including phenoxy) is 2. The Kier molecular flexibility index (Phi) is 4.33. The van der Waals surface area contributed by atoms with Crippen LogP contribution in [0.2, 0.25) is 0 Å². The fraction of sp³-hybridized carbons (Fsp3) is 0.538. The highest BCUT2D eigenvalue weighted by molar-refractivity contribution is 7.89. The summed E-state index contributed by atoms with van der Waals surface area (Å²) in [5.74, 6) is 0. The number of anilines is 1. The Morgan fingerprint density at radius 1 is 1.50 bits per heavy atom. The number of benzene rings is 1. The molecule has 0 radical (unpaired) electrons. The molecular formula is C13H20N2O4S. The third-order valence-electron chi connectivity index (χ3n) is 3.59. The van der Waals surface area contributed by atoms with E-state index in [0.29, 0.717) is 30.9 Å². The zero-order valence-electron chi connectivity index (χ0n) is 11.7. The Morgan fingerprint density at radius 3 is 2.85 bits per heavy atom. The fourth-order valence-corrected chi connectivity index (χ4v) is 3.56. The molecule has 7 heteroatoms. The Morgan fingerprint density at radius 2 is 2.25 bits per heavy atom. The summed E-state index contributed by atoms with van der Waals surface area (Å²) >= 11 is 0. The largest absolute Gasteiger partial charge is 0.399 e. The van der Waals surface area contributed by atoms with Gasteiger partial charge in [-0.1, -0.05) is 6.07 Å². The maximum Gasteiger partial charge on any atom is 0.241 e. The molecule has 1 aliphatic heterocycles. The molecule has 1 fully saturated rings. The van der Waals surface area contributed by atoms with Gasteiger partial charge in [-0.25, -0.2) is 13.1 Å². The SMILES string of the molecule is COC1(CNS(=O)(=O)c2cc(N)ccc2C)CCOC1. The summed E-state index contributed by atoms with van der Waals surface area (Å²) in [6.07, 6.45) is 0.669. The average molecular weight is 300 g/mol. The van der Waals surface area contributed by atoms with E-state index >= 15 is 0 Å². The van der Waals surface area contributed by atoms with Crippen LogP contribution < -0.4 is 10.5 Å². The lowest BCUT2D eigenvalue weighted by Crippen LogP contribution is -2.45. The van der Waals surface area contributed by atoms with Gasteiger partial charge in [0, 0.05) is 32.4 Å². The summed E-state index contributed by atoms with van der Waals surface area (Å²) in [7, 11) is -2.05. The summed E-state index contributed by atoms with van der Waals surface area (Å²) in [6, 6.07) is 4.83.